The molecule has 0 aliphatic heterocycles. The number of hydrogen-bond donors (Lipinski definition) is 4. The minimum atomic E-state index is -4.10. The molecule has 0 unspecified atom stereocenters. The van der Waals surface area contributed by atoms with Gasteiger partial charge in [0.15, 0.2) is 0 Å². The second kappa shape index (κ2) is 8.84. The van der Waals surface area contributed by atoms with E-state index in [0.717, 1.165) is 0 Å². The Morgan fingerprint density at radius 3 is 2.29 bits per heavy atom. The monoisotopic (exact) mass is 277 g/mol. The topological polar surface area (TPSA) is 147 Å². The van der Waals surface area contributed by atoms with Crippen LogP contribution in [0.3, 0.4) is 0 Å². The fourth-order valence-electron chi connectivity index (χ4n) is 0.818. The number of carbonyl (C=O) groups is 2. The molecule has 5 N–H and O–H groups in total. The van der Waals surface area contributed by atoms with E-state index in [1.165, 1.54) is 0 Å². The van der Waals surface area contributed by atoms with Crippen LogP contribution in [-0.4, -0.2) is 77.9 Å². The minimum absolute atomic E-state index is 0. The summed E-state index contributed by atoms with van der Waals surface area (Å²) in [6.45, 7) is -0.222. The molecule has 0 bridgehead atoms. The van der Waals surface area contributed by atoms with Crippen LogP contribution in [0.5, 0.6) is 0 Å². The van der Waals surface area contributed by atoms with Crippen LogP contribution in [-0.2, 0) is 19.7 Å². The smallest absolute Gasteiger partial charge is 0.320 e. The molecule has 10 heteroatoms. The van der Waals surface area contributed by atoms with E-state index >= 15 is 0 Å². The second-order valence-corrected chi connectivity index (χ2v) is 4.69. The van der Waals surface area contributed by atoms with Crippen molar-refractivity contribution in [3.63, 3.8) is 0 Å². The maximum atomic E-state index is 11.0. The molecule has 0 heterocycles. The summed E-state index contributed by atoms with van der Waals surface area (Å²) in [5.74, 6) is -2.30. The van der Waals surface area contributed by atoms with Gasteiger partial charge in [-0.15, -0.1) is 0 Å². The van der Waals surface area contributed by atoms with Crippen molar-refractivity contribution >= 4 is 51.6 Å². The Kier molecular flexibility index (Phi) is 9.96. The van der Waals surface area contributed by atoms with Gasteiger partial charge < -0.3 is 16.2 Å². The molecule has 0 aromatic carbocycles. The average molecular weight is 277 g/mol. The number of rotatable bonds is 7. The van der Waals surface area contributed by atoms with E-state index in [4.69, 9.17) is 15.4 Å². The van der Waals surface area contributed by atoms with Crippen LogP contribution in [0, 0.1) is 0 Å². The van der Waals surface area contributed by atoms with Gasteiger partial charge in [-0.1, -0.05) is 0 Å². The van der Waals surface area contributed by atoms with Gasteiger partial charge in [0.05, 0.1) is 5.75 Å². The van der Waals surface area contributed by atoms with Crippen LogP contribution in [0.1, 0.15) is 12.8 Å². The Morgan fingerprint density at radius 2 is 1.88 bits per heavy atom. The third-order valence-electron chi connectivity index (χ3n) is 1.68. The molecule has 0 aromatic heterocycles. The van der Waals surface area contributed by atoms with Crippen LogP contribution in [0.15, 0.2) is 0 Å². The Bertz CT molecular complexity index is 357. The number of aliphatic carboxylic acids is 1. The van der Waals surface area contributed by atoms with Gasteiger partial charge in [0.2, 0.25) is 5.91 Å². The summed E-state index contributed by atoms with van der Waals surface area (Å²) in [4.78, 5) is 21.3. The van der Waals surface area contributed by atoms with Gasteiger partial charge in [-0.05, 0) is 6.42 Å². The van der Waals surface area contributed by atoms with Crippen LogP contribution < -0.4 is 11.1 Å². The molecule has 0 rings (SSSR count). The molecule has 0 aromatic rings. The van der Waals surface area contributed by atoms with Crippen molar-refractivity contribution in [1.29, 1.82) is 0 Å². The molecular formula is C7H14N2NaO6S. The first-order chi connectivity index (χ1) is 7.22. The number of carboxylic acid groups (broad SMARTS) is 1. The molecule has 0 fully saturated rings. The number of nitrogens with two attached hydrogens (primary N) is 1. The SMILES string of the molecule is N[C@@H](CCC(=O)NCCS(=O)(=O)O)C(=O)O.[Na]. The normalized spacial score (nSPS) is 12.4. The van der Waals surface area contributed by atoms with Crippen molar-refractivity contribution < 1.29 is 27.7 Å². The van der Waals surface area contributed by atoms with Crippen molar-refractivity contribution in [2.45, 2.75) is 18.9 Å². The molecule has 0 saturated carbocycles. The third-order valence-corrected chi connectivity index (χ3v) is 2.40. The average Bonchev–Trinajstić information content (AvgIpc) is 2.11. The van der Waals surface area contributed by atoms with Gasteiger partial charge >= 0.3 is 5.97 Å². The molecule has 1 radical (unpaired) electrons. The first kappa shape index (κ1) is 19.2. The number of hydrogen-bond acceptors (Lipinski definition) is 5. The number of nitrogens with one attached hydrogen (secondary N) is 1. The van der Waals surface area contributed by atoms with Gasteiger partial charge in [-0.2, -0.15) is 8.42 Å². The summed E-state index contributed by atoms with van der Waals surface area (Å²) in [5.41, 5.74) is 5.15. The van der Waals surface area contributed by atoms with Crippen molar-refractivity contribution in [3.8, 4) is 0 Å². The van der Waals surface area contributed by atoms with Gasteiger partial charge in [0, 0.05) is 42.5 Å². The molecule has 0 aliphatic carbocycles. The van der Waals surface area contributed by atoms with E-state index in [1.54, 1.807) is 0 Å². The molecule has 0 saturated heterocycles. The first-order valence-corrected chi connectivity index (χ1v) is 6.03. The molecule has 8 nitrogen and oxygen atoms in total. The van der Waals surface area contributed by atoms with Crippen LogP contribution in [0.25, 0.3) is 0 Å². The Hall–Kier alpha value is -0.190. The van der Waals surface area contributed by atoms with E-state index in [9.17, 15) is 18.0 Å². The van der Waals surface area contributed by atoms with E-state index in [1.807, 2.05) is 0 Å². The molecule has 17 heavy (non-hydrogen) atoms. The van der Waals surface area contributed by atoms with Crippen LogP contribution >= 0.6 is 0 Å². The molecule has 0 aliphatic rings. The summed E-state index contributed by atoms with van der Waals surface area (Å²) in [5, 5.41) is 10.6. The van der Waals surface area contributed by atoms with Crippen molar-refractivity contribution in [2.75, 3.05) is 12.3 Å². The third kappa shape index (κ3) is 12.1. The zero-order valence-corrected chi connectivity index (χ0v) is 12.2. The fraction of sp³-hybridized carbons (Fsp3) is 0.714. The van der Waals surface area contributed by atoms with Crippen LogP contribution in [0.2, 0.25) is 0 Å². The summed E-state index contributed by atoms with van der Waals surface area (Å²) >= 11 is 0. The number of carbonyl (C=O) groups excluding carboxylic acids is 1. The maximum absolute atomic E-state index is 11.0. The second-order valence-electron chi connectivity index (χ2n) is 3.12. The standard InChI is InChI=1S/C7H14N2O6S.Na/c8-5(7(11)12)1-2-6(10)9-3-4-16(13,14)15;/h5H,1-4,8H2,(H,9,10)(H,11,12)(H,13,14,15);/t5-;/m0./s1. The van der Waals surface area contributed by atoms with E-state index < -0.39 is 33.8 Å². The van der Waals surface area contributed by atoms with Crippen LogP contribution in [0.4, 0.5) is 0 Å². The largest absolute Gasteiger partial charge is 0.480 e. The number of amides is 1. The molecule has 1 atom stereocenters. The van der Waals surface area contributed by atoms with E-state index in [2.05, 4.69) is 5.32 Å². The number of carboxylic acids is 1. The van der Waals surface area contributed by atoms with Gasteiger partial charge in [-0.25, -0.2) is 0 Å². The van der Waals surface area contributed by atoms with Gasteiger partial charge in [0.1, 0.15) is 6.04 Å². The fourth-order valence-corrected chi connectivity index (χ4v) is 1.18. The van der Waals surface area contributed by atoms with E-state index in [-0.39, 0.29) is 48.9 Å². The van der Waals surface area contributed by atoms with Crippen molar-refractivity contribution in [1.82, 2.24) is 5.32 Å². The summed E-state index contributed by atoms with van der Waals surface area (Å²) < 4.78 is 28.9. The zero-order chi connectivity index (χ0) is 12.8. The van der Waals surface area contributed by atoms with Gasteiger partial charge in [-0.3, -0.25) is 14.1 Å². The summed E-state index contributed by atoms with van der Waals surface area (Å²) in [7, 11) is -4.10. The molecule has 95 valence electrons. The predicted molar refractivity (Wildman–Crippen MR) is 60.0 cm³/mol. The first-order valence-electron chi connectivity index (χ1n) is 4.42. The summed E-state index contributed by atoms with van der Waals surface area (Å²) in [6.07, 6.45) is -0.147. The quantitative estimate of drug-likeness (QED) is 0.305. The Labute approximate surface area is 121 Å². The zero-order valence-electron chi connectivity index (χ0n) is 9.42. The van der Waals surface area contributed by atoms with Gasteiger partial charge in [0.25, 0.3) is 10.1 Å². The molecule has 0 spiro atoms. The Morgan fingerprint density at radius 1 is 1.35 bits per heavy atom. The predicted octanol–water partition coefficient (Wildman–Crippen LogP) is -2.20. The molecular weight excluding hydrogens is 263 g/mol. The van der Waals surface area contributed by atoms with E-state index in [0.29, 0.717) is 0 Å². The summed E-state index contributed by atoms with van der Waals surface area (Å²) in [6, 6.07) is -1.12. The Balaban J connectivity index is 0. The van der Waals surface area contributed by atoms with Crippen molar-refractivity contribution in [3.05, 3.63) is 0 Å². The molecule has 1 amide bonds. The van der Waals surface area contributed by atoms with Crippen molar-refractivity contribution in [2.24, 2.45) is 5.73 Å². The maximum Gasteiger partial charge on any atom is 0.320 e. The minimum Gasteiger partial charge on any atom is -0.480 e.